The third kappa shape index (κ3) is 3.43. The van der Waals surface area contributed by atoms with Gasteiger partial charge >= 0.3 is 0 Å². The van der Waals surface area contributed by atoms with Gasteiger partial charge in [-0.15, -0.1) is 0 Å². The number of aryl methyl sites for hydroxylation is 2. The zero-order valence-corrected chi connectivity index (χ0v) is 19.3. The highest BCUT2D eigenvalue weighted by atomic mass is 16.5. The Hall–Kier alpha value is -4.06. The number of aliphatic hydroxyl groups is 1. The Morgan fingerprint density at radius 1 is 1.06 bits per heavy atom. The summed E-state index contributed by atoms with van der Waals surface area (Å²) in [5.74, 6) is -0.332. The van der Waals surface area contributed by atoms with Crippen LogP contribution in [0, 0.1) is 13.8 Å². The molecule has 0 radical (unpaired) electrons. The molecule has 1 N–H and O–H groups in total. The van der Waals surface area contributed by atoms with E-state index in [0.717, 1.165) is 28.9 Å². The second-order valence-corrected chi connectivity index (χ2v) is 8.62. The minimum absolute atomic E-state index is 0.0355. The first-order valence-electron chi connectivity index (χ1n) is 11.2. The fourth-order valence-corrected chi connectivity index (χ4v) is 4.83. The van der Waals surface area contributed by atoms with E-state index in [2.05, 4.69) is 0 Å². The van der Waals surface area contributed by atoms with E-state index in [1.54, 1.807) is 25.3 Å². The molecule has 0 aliphatic carbocycles. The smallest absolute Gasteiger partial charge is 0.300 e. The zero-order valence-electron chi connectivity index (χ0n) is 19.3. The molecule has 34 heavy (non-hydrogen) atoms. The maximum Gasteiger partial charge on any atom is 0.300 e. The van der Waals surface area contributed by atoms with Gasteiger partial charge in [0.05, 0.1) is 25.3 Å². The Kier molecular flexibility index (Phi) is 5.36. The maximum atomic E-state index is 13.4. The van der Waals surface area contributed by atoms with E-state index >= 15 is 0 Å². The largest absolute Gasteiger partial charge is 0.507 e. The summed E-state index contributed by atoms with van der Waals surface area (Å²) in [6, 6.07) is 17.4. The molecule has 0 bridgehead atoms. The molecule has 0 saturated carbocycles. The molecule has 6 nitrogen and oxygen atoms in total. The molecular formula is C28H25NO5. The van der Waals surface area contributed by atoms with Gasteiger partial charge in [0.2, 0.25) is 0 Å². The number of rotatable bonds is 4. The van der Waals surface area contributed by atoms with Crippen molar-refractivity contribution in [3.63, 3.8) is 0 Å². The van der Waals surface area contributed by atoms with Gasteiger partial charge in [0, 0.05) is 23.2 Å². The van der Waals surface area contributed by atoms with Crippen LogP contribution in [0.5, 0.6) is 11.5 Å². The fourth-order valence-electron chi connectivity index (χ4n) is 4.83. The number of hydrogen-bond acceptors (Lipinski definition) is 5. The number of amides is 1. The third-order valence-electron chi connectivity index (χ3n) is 6.45. The zero-order chi connectivity index (χ0) is 24.0. The first-order chi connectivity index (χ1) is 16.4. The molecule has 2 aliphatic rings. The second-order valence-electron chi connectivity index (χ2n) is 8.62. The van der Waals surface area contributed by atoms with Crippen molar-refractivity contribution >= 4 is 23.1 Å². The van der Waals surface area contributed by atoms with Crippen LogP contribution in [-0.2, 0) is 16.0 Å². The quantitative estimate of drug-likeness (QED) is 0.345. The predicted octanol–water partition coefficient (Wildman–Crippen LogP) is 4.87. The first kappa shape index (κ1) is 21.8. The lowest BCUT2D eigenvalue weighted by molar-refractivity contribution is -0.132. The number of ether oxygens (including phenoxy) is 2. The average Bonchev–Trinajstić information content (AvgIpc) is 3.41. The molecule has 0 spiro atoms. The monoisotopic (exact) mass is 455 g/mol. The highest BCUT2D eigenvalue weighted by molar-refractivity contribution is 6.51. The van der Waals surface area contributed by atoms with Gasteiger partial charge in [-0.05, 0) is 55.3 Å². The van der Waals surface area contributed by atoms with Crippen molar-refractivity contribution in [3.05, 3.63) is 94.1 Å². The van der Waals surface area contributed by atoms with Crippen LogP contribution in [0.15, 0.2) is 66.2 Å². The maximum absolute atomic E-state index is 13.4. The second kappa shape index (κ2) is 8.37. The van der Waals surface area contributed by atoms with E-state index < -0.39 is 17.7 Å². The number of aliphatic hydroxyl groups excluding tert-OH is 1. The van der Waals surface area contributed by atoms with Gasteiger partial charge in [-0.3, -0.25) is 14.5 Å². The van der Waals surface area contributed by atoms with Crippen LogP contribution in [0.25, 0.3) is 5.76 Å². The number of Topliss-reactive ketones (excluding diaryl/α,β-unsaturated/α-hetero) is 1. The van der Waals surface area contributed by atoms with Crippen LogP contribution in [0.2, 0.25) is 0 Å². The topological polar surface area (TPSA) is 76.1 Å². The van der Waals surface area contributed by atoms with Crippen LogP contribution in [0.4, 0.5) is 5.69 Å². The summed E-state index contributed by atoms with van der Waals surface area (Å²) in [5.41, 5.74) is 4.61. The van der Waals surface area contributed by atoms with E-state index in [1.165, 1.54) is 4.90 Å². The molecule has 5 rings (SSSR count). The summed E-state index contributed by atoms with van der Waals surface area (Å²) in [7, 11) is 1.54. The summed E-state index contributed by atoms with van der Waals surface area (Å²) in [4.78, 5) is 28.3. The number of methoxy groups -OCH3 is 1. The van der Waals surface area contributed by atoms with Crippen molar-refractivity contribution in [1.29, 1.82) is 0 Å². The fraction of sp³-hybridized carbons (Fsp3) is 0.214. The van der Waals surface area contributed by atoms with Crippen molar-refractivity contribution in [3.8, 4) is 11.5 Å². The number of hydrogen-bond donors (Lipinski definition) is 1. The van der Waals surface area contributed by atoms with Crippen LogP contribution < -0.4 is 14.4 Å². The van der Waals surface area contributed by atoms with Crippen LogP contribution in [-0.4, -0.2) is 30.5 Å². The molecule has 1 atom stereocenters. The molecule has 0 aromatic heterocycles. The number of anilines is 1. The third-order valence-corrected chi connectivity index (χ3v) is 6.45. The van der Waals surface area contributed by atoms with Crippen LogP contribution in [0.1, 0.15) is 33.9 Å². The Bertz CT molecular complexity index is 1360. The van der Waals surface area contributed by atoms with Gasteiger partial charge in [-0.1, -0.05) is 35.9 Å². The molecule has 1 amide bonds. The van der Waals surface area contributed by atoms with Crippen molar-refractivity contribution < 1.29 is 24.2 Å². The number of benzene rings is 3. The molecule has 1 unspecified atom stereocenters. The van der Waals surface area contributed by atoms with Crippen molar-refractivity contribution in [2.24, 2.45) is 0 Å². The lowest BCUT2D eigenvalue weighted by atomic mass is 9.93. The van der Waals surface area contributed by atoms with E-state index in [9.17, 15) is 14.7 Å². The molecule has 2 aliphatic heterocycles. The van der Waals surface area contributed by atoms with Crippen LogP contribution in [0.3, 0.4) is 0 Å². The minimum Gasteiger partial charge on any atom is -0.507 e. The Morgan fingerprint density at radius 2 is 1.85 bits per heavy atom. The summed E-state index contributed by atoms with van der Waals surface area (Å²) >= 11 is 0. The van der Waals surface area contributed by atoms with E-state index in [-0.39, 0.29) is 11.3 Å². The number of ketones is 1. The Labute approximate surface area is 198 Å². The van der Waals surface area contributed by atoms with Crippen molar-refractivity contribution in [2.45, 2.75) is 26.3 Å². The Balaban J connectivity index is 1.75. The highest BCUT2D eigenvalue weighted by Crippen LogP contribution is 2.46. The average molecular weight is 456 g/mol. The van der Waals surface area contributed by atoms with Gasteiger partial charge in [0.25, 0.3) is 11.7 Å². The number of para-hydroxylation sites is 1. The lowest BCUT2D eigenvalue weighted by Crippen LogP contribution is -2.30. The number of carbonyl (C=O) groups excluding carboxylic acids is 2. The summed E-state index contributed by atoms with van der Waals surface area (Å²) in [6.07, 6.45) is 0.725. The molecular weight excluding hydrogens is 430 g/mol. The standard InChI is InChI=1S/C28H25NO5/c1-16-8-10-21(17(2)14-16)29-25(20-6-4-5-7-23(20)33-3)24(27(31)28(29)32)26(30)19-9-11-22-18(15-19)12-13-34-22/h4-11,14-15,25,30H,12-13H2,1-3H3/b26-24+. The molecule has 3 aromatic rings. The highest BCUT2D eigenvalue weighted by Gasteiger charge is 2.48. The van der Waals surface area contributed by atoms with Crippen molar-refractivity contribution in [1.82, 2.24) is 0 Å². The van der Waals surface area contributed by atoms with Crippen molar-refractivity contribution in [2.75, 3.05) is 18.6 Å². The van der Waals surface area contributed by atoms with Gasteiger partial charge < -0.3 is 14.6 Å². The van der Waals surface area contributed by atoms with Gasteiger partial charge in [0.15, 0.2) is 0 Å². The molecule has 3 aromatic carbocycles. The van der Waals surface area contributed by atoms with Crippen LogP contribution >= 0.6 is 0 Å². The minimum atomic E-state index is -0.845. The lowest BCUT2D eigenvalue weighted by Gasteiger charge is -2.28. The van der Waals surface area contributed by atoms with Gasteiger partial charge in [-0.2, -0.15) is 0 Å². The number of nitrogens with zero attached hydrogens (tertiary/aromatic N) is 1. The van der Waals surface area contributed by atoms with E-state index in [0.29, 0.717) is 29.2 Å². The first-order valence-corrected chi connectivity index (χ1v) is 11.2. The summed E-state index contributed by atoms with van der Waals surface area (Å²) in [6.45, 7) is 4.46. The van der Waals surface area contributed by atoms with Gasteiger partial charge in [0.1, 0.15) is 17.3 Å². The van der Waals surface area contributed by atoms with Gasteiger partial charge in [-0.25, -0.2) is 0 Å². The van der Waals surface area contributed by atoms with E-state index in [1.807, 2.05) is 56.3 Å². The molecule has 2 heterocycles. The molecule has 1 fully saturated rings. The summed E-state index contributed by atoms with van der Waals surface area (Å²) in [5, 5.41) is 11.4. The SMILES string of the molecule is COc1ccccc1C1/C(=C(\O)c2ccc3c(c2)CCO3)C(=O)C(=O)N1c1ccc(C)cc1C. The Morgan fingerprint density at radius 3 is 2.62 bits per heavy atom. The number of carbonyl (C=O) groups is 2. The molecule has 172 valence electrons. The molecule has 6 heteroatoms. The normalized spacial score (nSPS) is 18.7. The number of fused-ring (bicyclic) bond motifs is 1. The van der Waals surface area contributed by atoms with E-state index in [4.69, 9.17) is 9.47 Å². The molecule has 1 saturated heterocycles. The summed E-state index contributed by atoms with van der Waals surface area (Å²) < 4.78 is 11.2. The predicted molar refractivity (Wildman–Crippen MR) is 129 cm³/mol.